The number of aliphatic hydroxyl groups excluding tert-OH is 1. The Kier molecular flexibility index (Phi) is 6.33. The number of likely N-dealkylation sites (N-methyl/N-ethyl adjacent to an activating group) is 1. The van der Waals surface area contributed by atoms with E-state index < -0.39 is 5.54 Å². The highest BCUT2D eigenvalue weighted by molar-refractivity contribution is 5.24. The van der Waals surface area contributed by atoms with Crippen molar-refractivity contribution in [1.29, 1.82) is 0 Å². The average Bonchev–Trinajstić information content (AvgIpc) is 2.40. The molecule has 0 fully saturated rings. The predicted octanol–water partition coefficient (Wildman–Crippen LogP) is 1.95. The van der Waals surface area contributed by atoms with E-state index in [1.807, 2.05) is 30.3 Å². The summed E-state index contributed by atoms with van der Waals surface area (Å²) in [7, 11) is 2.07. The lowest BCUT2D eigenvalue weighted by atomic mass is 9.91. The first-order valence-corrected chi connectivity index (χ1v) is 6.76. The molecule has 3 nitrogen and oxygen atoms in total. The molecule has 0 aromatic heterocycles. The van der Waals surface area contributed by atoms with E-state index in [0.29, 0.717) is 6.54 Å². The number of hydrogen-bond acceptors (Lipinski definition) is 3. The highest BCUT2D eigenvalue weighted by Gasteiger charge is 2.27. The normalized spacial score (nSPS) is 14.7. The number of hydrogen-bond donors (Lipinski definition) is 2. The van der Waals surface area contributed by atoms with Crippen molar-refractivity contribution in [3.05, 3.63) is 35.9 Å². The van der Waals surface area contributed by atoms with Gasteiger partial charge >= 0.3 is 0 Å². The second-order valence-corrected chi connectivity index (χ2v) is 5.13. The fourth-order valence-corrected chi connectivity index (χ4v) is 2.20. The summed E-state index contributed by atoms with van der Waals surface area (Å²) in [5.41, 5.74) is 6.66. The smallest absolute Gasteiger partial charge is 0.0772 e. The second-order valence-electron chi connectivity index (χ2n) is 5.13. The topological polar surface area (TPSA) is 49.5 Å². The lowest BCUT2D eigenvalue weighted by molar-refractivity contribution is 0.149. The van der Waals surface area contributed by atoms with Crippen molar-refractivity contribution in [2.75, 3.05) is 26.7 Å². The largest absolute Gasteiger partial charge is 0.394 e. The van der Waals surface area contributed by atoms with Gasteiger partial charge in [-0.1, -0.05) is 50.1 Å². The van der Waals surface area contributed by atoms with Gasteiger partial charge in [0.2, 0.25) is 0 Å². The van der Waals surface area contributed by atoms with Crippen LogP contribution in [0.3, 0.4) is 0 Å². The molecule has 0 saturated heterocycles. The Morgan fingerprint density at radius 2 is 1.89 bits per heavy atom. The van der Waals surface area contributed by atoms with Gasteiger partial charge in [0.15, 0.2) is 0 Å². The van der Waals surface area contributed by atoms with Crippen LogP contribution in [0.15, 0.2) is 30.3 Å². The molecule has 102 valence electrons. The van der Waals surface area contributed by atoms with Crippen LogP contribution in [-0.2, 0) is 5.54 Å². The number of rotatable bonds is 8. The van der Waals surface area contributed by atoms with Gasteiger partial charge in [0.1, 0.15) is 0 Å². The average molecular weight is 250 g/mol. The Bertz CT molecular complexity index is 329. The molecular formula is C15H26N2O. The van der Waals surface area contributed by atoms with Crippen LogP contribution in [0.4, 0.5) is 0 Å². The standard InChI is InChI=1S/C15H26N2O/c1-3-4-8-11-17(2)12-15(16,13-18)14-9-6-5-7-10-14/h5-7,9-10,18H,3-4,8,11-13,16H2,1-2H3. The van der Waals surface area contributed by atoms with E-state index in [-0.39, 0.29) is 6.61 Å². The van der Waals surface area contributed by atoms with Crippen LogP contribution in [0.1, 0.15) is 31.7 Å². The van der Waals surface area contributed by atoms with Gasteiger partial charge in [0.05, 0.1) is 12.1 Å². The quantitative estimate of drug-likeness (QED) is 0.693. The lowest BCUT2D eigenvalue weighted by Gasteiger charge is -2.32. The molecule has 0 bridgehead atoms. The van der Waals surface area contributed by atoms with Gasteiger partial charge in [-0.2, -0.15) is 0 Å². The molecule has 1 aromatic carbocycles. The van der Waals surface area contributed by atoms with Crippen molar-refractivity contribution in [1.82, 2.24) is 4.90 Å². The molecule has 0 saturated carbocycles. The first-order chi connectivity index (χ1) is 8.62. The molecule has 1 aromatic rings. The number of nitrogens with zero attached hydrogens (tertiary/aromatic N) is 1. The van der Waals surface area contributed by atoms with Gasteiger partial charge in [-0.3, -0.25) is 0 Å². The molecule has 0 aliphatic rings. The van der Waals surface area contributed by atoms with E-state index in [1.54, 1.807) is 0 Å². The fraction of sp³-hybridized carbons (Fsp3) is 0.600. The van der Waals surface area contributed by atoms with E-state index in [0.717, 1.165) is 12.1 Å². The highest BCUT2D eigenvalue weighted by Crippen LogP contribution is 2.18. The van der Waals surface area contributed by atoms with Gasteiger partial charge in [0.25, 0.3) is 0 Å². The van der Waals surface area contributed by atoms with Crippen LogP contribution < -0.4 is 5.73 Å². The summed E-state index contributed by atoms with van der Waals surface area (Å²) in [6.07, 6.45) is 3.65. The maximum atomic E-state index is 9.61. The fourth-order valence-electron chi connectivity index (χ4n) is 2.20. The Labute approximate surface area is 111 Å². The summed E-state index contributed by atoms with van der Waals surface area (Å²) >= 11 is 0. The predicted molar refractivity (Wildman–Crippen MR) is 76.4 cm³/mol. The van der Waals surface area contributed by atoms with Crippen LogP contribution in [-0.4, -0.2) is 36.8 Å². The Balaban J connectivity index is 2.60. The summed E-state index contributed by atoms with van der Waals surface area (Å²) in [6.45, 7) is 3.87. The molecule has 0 radical (unpaired) electrons. The molecule has 3 heteroatoms. The Morgan fingerprint density at radius 3 is 2.44 bits per heavy atom. The third kappa shape index (κ3) is 4.41. The minimum Gasteiger partial charge on any atom is -0.394 e. The maximum absolute atomic E-state index is 9.61. The van der Waals surface area contributed by atoms with Crippen molar-refractivity contribution >= 4 is 0 Å². The summed E-state index contributed by atoms with van der Waals surface area (Å²) < 4.78 is 0. The van der Waals surface area contributed by atoms with Crippen molar-refractivity contribution in [2.24, 2.45) is 5.73 Å². The summed E-state index contributed by atoms with van der Waals surface area (Å²) in [6, 6.07) is 9.85. The molecule has 0 aliphatic heterocycles. The molecule has 0 spiro atoms. The van der Waals surface area contributed by atoms with E-state index in [1.165, 1.54) is 19.3 Å². The van der Waals surface area contributed by atoms with Gasteiger partial charge in [-0.15, -0.1) is 0 Å². The van der Waals surface area contributed by atoms with E-state index >= 15 is 0 Å². The Morgan fingerprint density at radius 1 is 1.22 bits per heavy atom. The minimum absolute atomic E-state index is 0.0326. The van der Waals surface area contributed by atoms with Gasteiger partial charge in [-0.05, 0) is 25.6 Å². The molecule has 1 atom stereocenters. The van der Waals surface area contributed by atoms with Crippen molar-refractivity contribution in [2.45, 2.75) is 31.7 Å². The van der Waals surface area contributed by atoms with E-state index in [9.17, 15) is 5.11 Å². The van der Waals surface area contributed by atoms with Crippen LogP contribution in [0.2, 0.25) is 0 Å². The molecule has 1 rings (SSSR count). The molecular weight excluding hydrogens is 224 g/mol. The van der Waals surface area contributed by atoms with Crippen LogP contribution >= 0.6 is 0 Å². The summed E-state index contributed by atoms with van der Waals surface area (Å²) in [5.74, 6) is 0. The van der Waals surface area contributed by atoms with Gasteiger partial charge in [-0.25, -0.2) is 0 Å². The van der Waals surface area contributed by atoms with E-state index in [2.05, 4.69) is 18.9 Å². The van der Waals surface area contributed by atoms with Crippen LogP contribution in [0.25, 0.3) is 0 Å². The van der Waals surface area contributed by atoms with Crippen LogP contribution in [0.5, 0.6) is 0 Å². The second kappa shape index (κ2) is 7.52. The molecule has 0 heterocycles. The molecule has 3 N–H and O–H groups in total. The number of nitrogens with two attached hydrogens (primary N) is 1. The maximum Gasteiger partial charge on any atom is 0.0772 e. The zero-order valence-electron chi connectivity index (χ0n) is 11.6. The number of aliphatic hydroxyl groups is 1. The molecule has 18 heavy (non-hydrogen) atoms. The van der Waals surface area contributed by atoms with Gasteiger partial charge < -0.3 is 15.7 Å². The summed E-state index contributed by atoms with van der Waals surface area (Å²) in [5, 5.41) is 9.61. The SMILES string of the molecule is CCCCCN(C)CC(N)(CO)c1ccccc1. The third-order valence-corrected chi connectivity index (χ3v) is 3.33. The summed E-state index contributed by atoms with van der Waals surface area (Å²) in [4.78, 5) is 2.21. The van der Waals surface area contributed by atoms with Crippen molar-refractivity contribution in [3.8, 4) is 0 Å². The Hall–Kier alpha value is -0.900. The first kappa shape index (κ1) is 15.2. The monoisotopic (exact) mass is 250 g/mol. The molecule has 0 aliphatic carbocycles. The van der Waals surface area contributed by atoms with Gasteiger partial charge in [0, 0.05) is 6.54 Å². The molecule has 1 unspecified atom stereocenters. The first-order valence-electron chi connectivity index (χ1n) is 6.76. The minimum atomic E-state index is -0.664. The number of benzene rings is 1. The number of unbranched alkanes of at least 4 members (excludes halogenated alkanes) is 2. The van der Waals surface area contributed by atoms with Crippen molar-refractivity contribution in [3.63, 3.8) is 0 Å². The van der Waals surface area contributed by atoms with Crippen LogP contribution in [0, 0.1) is 0 Å². The zero-order chi connectivity index (χ0) is 13.4. The van der Waals surface area contributed by atoms with E-state index in [4.69, 9.17) is 5.73 Å². The lowest BCUT2D eigenvalue weighted by Crippen LogP contribution is -2.49. The van der Waals surface area contributed by atoms with Crippen molar-refractivity contribution < 1.29 is 5.11 Å². The molecule has 0 amide bonds. The highest BCUT2D eigenvalue weighted by atomic mass is 16.3. The third-order valence-electron chi connectivity index (χ3n) is 3.33. The zero-order valence-corrected chi connectivity index (χ0v) is 11.6.